The van der Waals surface area contributed by atoms with Gasteiger partial charge in [-0.05, 0) is 37.1 Å². The number of hydrogen-bond donors (Lipinski definition) is 2. The minimum Gasteiger partial charge on any atom is -0.480 e. The molecule has 0 radical (unpaired) electrons. The van der Waals surface area contributed by atoms with Gasteiger partial charge in [0.15, 0.2) is 0 Å². The van der Waals surface area contributed by atoms with E-state index in [0.717, 1.165) is 5.69 Å². The summed E-state index contributed by atoms with van der Waals surface area (Å²) in [5.41, 5.74) is 0.0719. The lowest BCUT2D eigenvalue weighted by Gasteiger charge is -2.13. The predicted octanol–water partition coefficient (Wildman–Crippen LogP) is 2.37. The molecule has 0 spiro atoms. The zero-order chi connectivity index (χ0) is 10.2. The molecule has 14 heavy (non-hydrogen) atoms. The van der Waals surface area contributed by atoms with Crippen LogP contribution in [0.2, 0.25) is 5.02 Å². The first-order valence-electron chi connectivity index (χ1n) is 4.40. The molecule has 1 fully saturated rings. The third-order valence-corrected chi connectivity index (χ3v) is 2.64. The summed E-state index contributed by atoms with van der Waals surface area (Å²) >= 11 is 5.72. The van der Waals surface area contributed by atoms with Gasteiger partial charge in [0.1, 0.15) is 5.54 Å². The molecule has 0 heterocycles. The molecule has 0 aromatic heterocycles. The number of nitrogens with one attached hydrogen (secondary N) is 1. The highest BCUT2D eigenvalue weighted by Crippen LogP contribution is 2.39. The summed E-state index contributed by atoms with van der Waals surface area (Å²) in [7, 11) is 0. The van der Waals surface area contributed by atoms with Crippen LogP contribution in [0.1, 0.15) is 12.8 Å². The van der Waals surface area contributed by atoms with Crippen LogP contribution in [-0.2, 0) is 4.79 Å². The lowest BCUT2D eigenvalue weighted by molar-refractivity contribution is -0.138. The van der Waals surface area contributed by atoms with Gasteiger partial charge in [-0.25, -0.2) is 4.79 Å². The van der Waals surface area contributed by atoms with Crippen molar-refractivity contribution in [3.63, 3.8) is 0 Å². The smallest absolute Gasteiger partial charge is 0.329 e. The molecule has 1 aromatic carbocycles. The molecule has 0 bridgehead atoms. The van der Waals surface area contributed by atoms with Crippen molar-refractivity contribution in [3.05, 3.63) is 29.3 Å². The van der Waals surface area contributed by atoms with Gasteiger partial charge in [0.2, 0.25) is 0 Å². The Balaban J connectivity index is 2.11. The number of rotatable bonds is 3. The Labute approximate surface area is 86.7 Å². The third-order valence-electron chi connectivity index (χ3n) is 2.39. The van der Waals surface area contributed by atoms with Gasteiger partial charge in [-0.1, -0.05) is 11.6 Å². The van der Waals surface area contributed by atoms with Crippen LogP contribution >= 0.6 is 11.6 Å². The monoisotopic (exact) mass is 211 g/mol. The van der Waals surface area contributed by atoms with Crippen molar-refractivity contribution < 1.29 is 9.90 Å². The predicted molar refractivity (Wildman–Crippen MR) is 54.7 cm³/mol. The van der Waals surface area contributed by atoms with E-state index in [1.807, 2.05) is 0 Å². The van der Waals surface area contributed by atoms with E-state index in [9.17, 15) is 4.79 Å². The molecule has 0 amide bonds. The molecule has 3 nitrogen and oxygen atoms in total. The SMILES string of the molecule is O=C(O)C1(Nc2ccc(Cl)cc2)CC1. The molecule has 1 aliphatic carbocycles. The third kappa shape index (κ3) is 1.68. The van der Waals surface area contributed by atoms with E-state index >= 15 is 0 Å². The normalized spacial score (nSPS) is 17.5. The standard InChI is InChI=1S/C10H10ClNO2/c11-7-1-3-8(4-2-7)12-10(5-6-10)9(13)14/h1-4,12H,5-6H2,(H,13,14). The average molecular weight is 212 g/mol. The van der Waals surface area contributed by atoms with Crippen molar-refractivity contribution in [2.24, 2.45) is 0 Å². The van der Waals surface area contributed by atoms with Gasteiger partial charge >= 0.3 is 5.97 Å². The van der Waals surface area contributed by atoms with Crippen molar-refractivity contribution in [2.75, 3.05) is 5.32 Å². The van der Waals surface area contributed by atoms with Crippen molar-refractivity contribution in [2.45, 2.75) is 18.4 Å². The lowest BCUT2D eigenvalue weighted by Crippen LogP contribution is -2.31. The number of halogens is 1. The highest BCUT2D eigenvalue weighted by molar-refractivity contribution is 6.30. The summed E-state index contributed by atoms with van der Waals surface area (Å²) in [6.45, 7) is 0. The van der Waals surface area contributed by atoms with Crippen molar-refractivity contribution in [1.82, 2.24) is 0 Å². The maximum absolute atomic E-state index is 10.9. The van der Waals surface area contributed by atoms with Gasteiger partial charge in [-0.3, -0.25) is 0 Å². The fraction of sp³-hybridized carbons (Fsp3) is 0.300. The molecule has 0 saturated heterocycles. The summed E-state index contributed by atoms with van der Waals surface area (Å²) in [5.74, 6) is -0.785. The fourth-order valence-electron chi connectivity index (χ4n) is 1.33. The molecule has 1 saturated carbocycles. The Morgan fingerprint density at radius 2 is 1.93 bits per heavy atom. The largest absolute Gasteiger partial charge is 0.480 e. The van der Waals surface area contributed by atoms with Crippen LogP contribution in [0.3, 0.4) is 0 Å². The molecule has 1 aromatic rings. The molecule has 0 atom stereocenters. The van der Waals surface area contributed by atoms with Crippen LogP contribution in [0.25, 0.3) is 0 Å². The van der Waals surface area contributed by atoms with Crippen molar-refractivity contribution in [3.8, 4) is 0 Å². The van der Waals surface area contributed by atoms with E-state index in [1.54, 1.807) is 24.3 Å². The van der Waals surface area contributed by atoms with E-state index in [1.165, 1.54) is 0 Å². The van der Waals surface area contributed by atoms with Gasteiger partial charge in [-0.2, -0.15) is 0 Å². The molecular formula is C10H10ClNO2. The second kappa shape index (κ2) is 3.17. The van der Waals surface area contributed by atoms with Crippen LogP contribution in [0.5, 0.6) is 0 Å². The first kappa shape index (κ1) is 9.34. The highest BCUT2D eigenvalue weighted by Gasteiger charge is 2.50. The molecule has 0 aliphatic heterocycles. The van der Waals surface area contributed by atoms with E-state index in [2.05, 4.69) is 5.32 Å². The fourth-order valence-corrected chi connectivity index (χ4v) is 1.45. The Morgan fingerprint density at radius 1 is 1.36 bits per heavy atom. The van der Waals surface area contributed by atoms with E-state index < -0.39 is 11.5 Å². The highest BCUT2D eigenvalue weighted by atomic mass is 35.5. The average Bonchev–Trinajstić information content (AvgIpc) is 2.90. The number of hydrogen-bond acceptors (Lipinski definition) is 2. The molecule has 4 heteroatoms. The van der Waals surface area contributed by atoms with Crippen molar-refractivity contribution >= 4 is 23.3 Å². The summed E-state index contributed by atoms with van der Waals surface area (Å²) in [6, 6.07) is 7.04. The quantitative estimate of drug-likeness (QED) is 0.807. The second-order valence-corrected chi connectivity index (χ2v) is 3.96. The first-order chi connectivity index (χ1) is 6.62. The maximum Gasteiger partial charge on any atom is 0.329 e. The van der Waals surface area contributed by atoms with E-state index in [4.69, 9.17) is 16.7 Å². The van der Waals surface area contributed by atoms with Crippen LogP contribution in [0.15, 0.2) is 24.3 Å². The molecular weight excluding hydrogens is 202 g/mol. The molecule has 2 N–H and O–H groups in total. The number of carboxylic acid groups (broad SMARTS) is 1. The van der Waals surface area contributed by atoms with Crippen LogP contribution in [-0.4, -0.2) is 16.6 Å². The number of benzene rings is 1. The Hall–Kier alpha value is -1.22. The van der Waals surface area contributed by atoms with Crippen LogP contribution < -0.4 is 5.32 Å². The summed E-state index contributed by atoms with van der Waals surface area (Å²) in [6.07, 6.45) is 1.37. The Morgan fingerprint density at radius 3 is 2.36 bits per heavy atom. The van der Waals surface area contributed by atoms with Gasteiger partial charge in [0.05, 0.1) is 0 Å². The van der Waals surface area contributed by atoms with Crippen molar-refractivity contribution in [1.29, 1.82) is 0 Å². The van der Waals surface area contributed by atoms with Crippen LogP contribution in [0.4, 0.5) is 5.69 Å². The van der Waals surface area contributed by atoms with Crippen LogP contribution in [0, 0.1) is 0 Å². The minimum absolute atomic E-state index is 0.649. The molecule has 1 aliphatic rings. The minimum atomic E-state index is -0.785. The topological polar surface area (TPSA) is 49.3 Å². The number of anilines is 1. The van der Waals surface area contributed by atoms with Gasteiger partial charge in [0.25, 0.3) is 0 Å². The second-order valence-electron chi connectivity index (χ2n) is 3.52. The molecule has 0 unspecified atom stereocenters. The van der Waals surface area contributed by atoms with Gasteiger partial charge in [0, 0.05) is 10.7 Å². The first-order valence-corrected chi connectivity index (χ1v) is 4.77. The Bertz CT molecular complexity index is 357. The number of aliphatic carboxylic acids is 1. The summed E-state index contributed by atoms with van der Waals surface area (Å²) < 4.78 is 0. The molecule has 2 rings (SSSR count). The van der Waals surface area contributed by atoms with Gasteiger partial charge < -0.3 is 10.4 Å². The summed E-state index contributed by atoms with van der Waals surface area (Å²) in [5, 5.41) is 12.6. The van der Waals surface area contributed by atoms with E-state index in [0.29, 0.717) is 17.9 Å². The lowest BCUT2D eigenvalue weighted by atomic mass is 10.2. The number of carbonyl (C=O) groups is 1. The summed E-state index contributed by atoms with van der Waals surface area (Å²) in [4.78, 5) is 10.9. The molecule has 74 valence electrons. The van der Waals surface area contributed by atoms with Gasteiger partial charge in [-0.15, -0.1) is 0 Å². The zero-order valence-electron chi connectivity index (χ0n) is 7.46. The number of carboxylic acids is 1. The van der Waals surface area contributed by atoms with E-state index in [-0.39, 0.29) is 0 Å². The zero-order valence-corrected chi connectivity index (χ0v) is 8.21. The Kier molecular flexibility index (Phi) is 2.11. The maximum atomic E-state index is 10.9.